The first-order valence-electron chi connectivity index (χ1n) is 8.21. The number of hydrogen-bond acceptors (Lipinski definition) is 1. The molecule has 0 atom stereocenters. The summed E-state index contributed by atoms with van der Waals surface area (Å²) in [6, 6.07) is 13.5. The number of benzene rings is 2. The first kappa shape index (κ1) is 17.5. The number of anilines is 1. The number of halogens is 1. The quantitative estimate of drug-likeness (QED) is 0.729. The largest absolute Gasteiger partial charge is 0.381 e. The van der Waals surface area contributed by atoms with Gasteiger partial charge in [0, 0.05) is 12.2 Å². The monoisotopic (exact) mass is 313 g/mol. The van der Waals surface area contributed by atoms with Gasteiger partial charge in [-0.3, -0.25) is 0 Å². The molecule has 0 spiro atoms. The molecule has 0 fully saturated rings. The zero-order valence-electron chi connectivity index (χ0n) is 15.1. The first-order chi connectivity index (χ1) is 10.6. The number of rotatable bonds is 3. The van der Waals surface area contributed by atoms with Crippen molar-refractivity contribution in [2.45, 2.75) is 58.9 Å². The lowest BCUT2D eigenvalue weighted by atomic mass is 9.83. The van der Waals surface area contributed by atoms with Gasteiger partial charge in [-0.1, -0.05) is 65.8 Å². The zero-order chi connectivity index (χ0) is 17.3. The van der Waals surface area contributed by atoms with Gasteiger partial charge in [0.25, 0.3) is 0 Å². The molecule has 0 aromatic heterocycles. The summed E-state index contributed by atoms with van der Waals surface area (Å²) in [4.78, 5) is 0. The van der Waals surface area contributed by atoms with Gasteiger partial charge in [-0.25, -0.2) is 4.39 Å². The van der Waals surface area contributed by atoms with Crippen molar-refractivity contribution in [3.8, 4) is 0 Å². The van der Waals surface area contributed by atoms with Crippen molar-refractivity contribution >= 4 is 5.69 Å². The lowest BCUT2D eigenvalue weighted by molar-refractivity contribution is 0.565. The second-order valence-corrected chi connectivity index (χ2v) is 8.20. The molecule has 1 N–H and O–H groups in total. The van der Waals surface area contributed by atoms with Crippen molar-refractivity contribution < 1.29 is 4.39 Å². The number of para-hydroxylation sites is 1. The number of nitrogens with one attached hydrogen (secondary N) is 1. The van der Waals surface area contributed by atoms with Crippen molar-refractivity contribution in [2.75, 3.05) is 5.32 Å². The minimum Gasteiger partial charge on any atom is -0.381 e. The standard InChI is InChI=1S/C21H28FN/c1-20(2,3)17-9-7-8-10-19(17)23-14-15-11-12-16(22)13-18(15)21(4,5)6/h7-13,23H,14H2,1-6H3. The van der Waals surface area contributed by atoms with Crippen LogP contribution in [0.4, 0.5) is 10.1 Å². The van der Waals surface area contributed by atoms with Crippen LogP contribution in [0.15, 0.2) is 42.5 Å². The van der Waals surface area contributed by atoms with E-state index in [2.05, 4.69) is 65.1 Å². The summed E-state index contributed by atoms with van der Waals surface area (Å²) in [5.41, 5.74) is 4.63. The third-order valence-electron chi connectivity index (χ3n) is 4.08. The molecular weight excluding hydrogens is 285 g/mol. The number of hydrogen-bond donors (Lipinski definition) is 1. The van der Waals surface area contributed by atoms with E-state index in [9.17, 15) is 4.39 Å². The molecule has 0 aliphatic carbocycles. The van der Waals surface area contributed by atoms with E-state index in [-0.39, 0.29) is 16.6 Å². The van der Waals surface area contributed by atoms with Crippen LogP contribution < -0.4 is 5.32 Å². The molecule has 0 saturated heterocycles. The maximum absolute atomic E-state index is 13.6. The van der Waals surface area contributed by atoms with E-state index in [0.717, 1.165) is 16.8 Å². The van der Waals surface area contributed by atoms with Crippen LogP contribution in [0.5, 0.6) is 0 Å². The van der Waals surface area contributed by atoms with Crippen molar-refractivity contribution in [3.05, 3.63) is 65.0 Å². The fraction of sp³-hybridized carbons (Fsp3) is 0.429. The fourth-order valence-electron chi connectivity index (χ4n) is 2.88. The molecule has 2 aromatic carbocycles. The topological polar surface area (TPSA) is 12.0 Å². The highest BCUT2D eigenvalue weighted by molar-refractivity contribution is 5.54. The fourth-order valence-corrected chi connectivity index (χ4v) is 2.88. The van der Waals surface area contributed by atoms with E-state index in [1.165, 1.54) is 5.56 Å². The van der Waals surface area contributed by atoms with Crippen molar-refractivity contribution in [1.82, 2.24) is 0 Å². The molecule has 2 aromatic rings. The van der Waals surface area contributed by atoms with Gasteiger partial charge in [-0.15, -0.1) is 0 Å². The minimum atomic E-state index is -0.172. The van der Waals surface area contributed by atoms with Crippen LogP contribution in [-0.2, 0) is 17.4 Å². The SMILES string of the molecule is CC(C)(C)c1cc(F)ccc1CNc1ccccc1C(C)(C)C. The smallest absolute Gasteiger partial charge is 0.123 e. The van der Waals surface area contributed by atoms with Gasteiger partial charge in [0.15, 0.2) is 0 Å². The second-order valence-electron chi connectivity index (χ2n) is 8.20. The minimum absolute atomic E-state index is 0.0807. The summed E-state index contributed by atoms with van der Waals surface area (Å²) < 4.78 is 13.6. The zero-order valence-corrected chi connectivity index (χ0v) is 15.1. The Morgan fingerprint density at radius 2 is 1.43 bits per heavy atom. The molecule has 2 rings (SSSR count). The first-order valence-corrected chi connectivity index (χ1v) is 8.21. The molecule has 0 unspecified atom stereocenters. The molecule has 124 valence electrons. The lowest BCUT2D eigenvalue weighted by Gasteiger charge is -2.26. The Balaban J connectivity index is 2.30. The van der Waals surface area contributed by atoms with Crippen LogP contribution in [-0.4, -0.2) is 0 Å². The van der Waals surface area contributed by atoms with Crippen molar-refractivity contribution in [1.29, 1.82) is 0 Å². The molecular formula is C21H28FN. The van der Waals surface area contributed by atoms with Crippen LogP contribution in [0.2, 0.25) is 0 Å². The maximum atomic E-state index is 13.6. The Bertz CT molecular complexity index is 675. The molecule has 0 aliphatic rings. The predicted octanol–water partition coefficient (Wildman–Crippen LogP) is 6.03. The Kier molecular flexibility index (Phi) is 4.84. The molecule has 23 heavy (non-hydrogen) atoms. The molecule has 0 heterocycles. The average Bonchev–Trinajstić information content (AvgIpc) is 2.44. The third-order valence-corrected chi connectivity index (χ3v) is 4.08. The highest BCUT2D eigenvalue weighted by atomic mass is 19.1. The van der Waals surface area contributed by atoms with Crippen molar-refractivity contribution in [2.24, 2.45) is 0 Å². The average molecular weight is 313 g/mol. The van der Waals surface area contributed by atoms with Gasteiger partial charge < -0.3 is 5.32 Å². The van der Waals surface area contributed by atoms with Crippen molar-refractivity contribution in [3.63, 3.8) is 0 Å². The summed E-state index contributed by atoms with van der Waals surface area (Å²) in [6.45, 7) is 13.7. The van der Waals surface area contributed by atoms with Gasteiger partial charge >= 0.3 is 0 Å². The van der Waals surface area contributed by atoms with Crippen LogP contribution in [0.3, 0.4) is 0 Å². The highest BCUT2D eigenvalue weighted by Gasteiger charge is 2.20. The van der Waals surface area contributed by atoms with E-state index in [4.69, 9.17) is 0 Å². The molecule has 0 amide bonds. The summed E-state index contributed by atoms with van der Waals surface area (Å²) in [5, 5.41) is 3.55. The molecule has 2 heteroatoms. The van der Waals surface area contributed by atoms with E-state index < -0.39 is 0 Å². The van der Waals surface area contributed by atoms with E-state index >= 15 is 0 Å². The predicted molar refractivity (Wildman–Crippen MR) is 97.6 cm³/mol. The summed E-state index contributed by atoms with van der Waals surface area (Å²) in [5.74, 6) is -0.172. The van der Waals surface area contributed by atoms with E-state index in [0.29, 0.717) is 6.54 Å². The van der Waals surface area contributed by atoms with E-state index in [1.807, 2.05) is 12.1 Å². The Morgan fingerprint density at radius 3 is 2.04 bits per heavy atom. The van der Waals surface area contributed by atoms with E-state index in [1.54, 1.807) is 12.1 Å². The second kappa shape index (κ2) is 6.35. The van der Waals surface area contributed by atoms with Gasteiger partial charge in [-0.05, 0) is 45.7 Å². The normalized spacial score (nSPS) is 12.3. The third kappa shape index (κ3) is 4.34. The molecule has 0 aliphatic heterocycles. The highest BCUT2D eigenvalue weighted by Crippen LogP contribution is 2.31. The Labute approximate surface area is 139 Å². The summed E-state index contributed by atoms with van der Waals surface area (Å²) in [7, 11) is 0. The molecule has 1 nitrogen and oxygen atoms in total. The Hall–Kier alpha value is -1.83. The van der Waals surface area contributed by atoms with Crippen LogP contribution in [0.25, 0.3) is 0 Å². The molecule has 0 radical (unpaired) electrons. The summed E-state index contributed by atoms with van der Waals surface area (Å²) in [6.07, 6.45) is 0. The van der Waals surface area contributed by atoms with Gasteiger partial charge in [0.05, 0.1) is 0 Å². The molecule has 0 saturated carbocycles. The van der Waals surface area contributed by atoms with Crippen LogP contribution >= 0.6 is 0 Å². The van der Waals surface area contributed by atoms with Gasteiger partial charge in [0.1, 0.15) is 5.82 Å². The van der Waals surface area contributed by atoms with Crippen LogP contribution in [0.1, 0.15) is 58.2 Å². The summed E-state index contributed by atoms with van der Waals surface area (Å²) >= 11 is 0. The van der Waals surface area contributed by atoms with Gasteiger partial charge in [0.2, 0.25) is 0 Å². The van der Waals surface area contributed by atoms with Gasteiger partial charge in [-0.2, -0.15) is 0 Å². The van der Waals surface area contributed by atoms with Crippen LogP contribution in [0, 0.1) is 5.82 Å². The lowest BCUT2D eigenvalue weighted by Crippen LogP contribution is -2.18. The Morgan fingerprint density at radius 1 is 0.826 bits per heavy atom. The maximum Gasteiger partial charge on any atom is 0.123 e. The molecule has 0 bridgehead atoms.